The van der Waals surface area contributed by atoms with Gasteiger partial charge in [0.15, 0.2) is 11.5 Å². The van der Waals surface area contributed by atoms with E-state index in [9.17, 15) is 9.59 Å². The van der Waals surface area contributed by atoms with Crippen molar-refractivity contribution in [1.82, 2.24) is 10.2 Å². The molecule has 2 aromatic carbocycles. The quantitative estimate of drug-likeness (QED) is 0.621. The summed E-state index contributed by atoms with van der Waals surface area (Å²) in [5, 5.41) is 3.05. The molecule has 0 saturated carbocycles. The molecule has 1 heterocycles. The first-order valence-corrected chi connectivity index (χ1v) is 11.8. The molecule has 0 aliphatic carbocycles. The van der Waals surface area contributed by atoms with Crippen LogP contribution in [0, 0.1) is 0 Å². The molecule has 0 saturated heterocycles. The van der Waals surface area contributed by atoms with E-state index in [0.717, 1.165) is 22.6 Å². The van der Waals surface area contributed by atoms with Crippen LogP contribution in [0.25, 0.3) is 0 Å². The molecule has 6 heteroatoms. The lowest BCUT2D eigenvalue weighted by molar-refractivity contribution is -0.141. The van der Waals surface area contributed by atoms with E-state index in [2.05, 4.69) is 5.32 Å². The molecule has 1 aliphatic heterocycles. The zero-order chi connectivity index (χ0) is 23.8. The number of nitrogens with zero attached hydrogens (tertiary/aromatic N) is 1. The molecule has 1 atom stereocenters. The van der Waals surface area contributed by atoms with Crippen LogP contribution in [0.2, 0.25) is 0 Å². The smallest absolute Gasteiger partial charge is 0.243 e. The summed E-state index contributed by atoms with van der Waals surface area (Å²) in [5.74, 6) is 1.34. The maximum atomic E-state index is 13.4. The third kappa shape index (κ3) is 7.24. The van der Waals surface area contributed by atoms with Crippen LogP contribution in [0.15, 0.2) is 48.5 Å². The Balaban J connectivity index is 1.72. The molecular weight excluding hydrogens is 416 g/mol. The Bertz CT molecular complexity index is 937. The van der Waals surface area contributed by atoms with Gasteiger partial charge < -0.3 is 19.7 Å². The maximum Gasteiger partial charge on any atom is 0.243 e. The molecule has 0 aromatic heterocycles. The summed E-state index contributed by atoms with van der Waals surface area (Å²) >= 11 is 0. The molecular formula is C27H36N2O4. The van der Waals surface area contributed by atoms with E-state index in [1.165, 1.54) is 0 Å². The van der Waals surface area contributed by atoms with E-state index in [4.69, 9.17) is 9.47 Å². The van der Waals surface area contributed by atoms with Crippen LogP contribution >= 0.6 is 0 Å². The second kappa shape index (κ2) is 11.2. The van der Waals surface area contributed by atoms with Gasteiger partial charge in [-0.15, -0.1) is 0 Å². The number of fused-ring (bicyclic) bond motifs is 1. The monoisotopic (exact) mass is 452 g/mol. The van der Waals surface area contributed by atoms with Gasteiger partial charge in [-0.2, -0.15) is 0 Å². The summed E-state index contributed by atoms with van der Waals surface area (Å²) in [6.45, 7) is 9.40. The Kier molecular flexibility index (Phi) is 8.37. The number of benzene rings is 2. The van der Waals surface area contributed by atoms with Gasteiger partial charge in [0.1, 0.15) is 19.3 Å². The first kappa shape index (κ1) is 24.6. The summed E-state index contributed by atoms with van der Waals surface area (Å²) in [6.07, 6.45) is 2.17. The Hall–Kier alpha value is -3.02. The van der Waals surface area contributed by atoms with Gasteiger partial charge in [0.25, 0.3) is 0 Å². The Morgan fingerprint density at radius 1 is 0.970 bits per heavy atom. The van der Waals surface area contributed by atoms with Gasteiger partial charge >= 0.3 is 0 Å². The lowest BCUT2D eigenvalue weighted by Crippen LogP contribution is -2.54. The van der Waals surface area contributed by atoms with Crippen molar-refractivity contribution < 1.29 is 19.1 Å². The fraction of sp³-hybridized carbons (Fsp3) is 0.481. The first-order chi connectivity index (χ1) is 15.8. The van der Waals surface area contributed by atoms with Crippen molar-refractivity contribution >= 4 is 11.8 Å². The van der Waals surface area contributed by atoms with Crippen molar-refractivity contribution in [1.29, 1.82) is 0 Å². The number of hydrogen-bond donors (Lipinski definition) is 1. The highest BCUT2D eigenvalue weighted by Gasteiger charge is 2.30. The van der Waals surface area contributed by atoms with Gasteiger partial charge in [0.2, 0.25) is 11.8 Å². The molecule has 1 N–H and O–H groups in total. The van der Waals surface area contributed by atoms with Gasteiger partial charge in [0.05, 0.1) is 0 Å². The summed E-state index contributed by atoms with van der Waals surface area (Å²) in [4.78, 5) is 28.2. The van der Waals surface area contributed by atoms with Crippen molar-refractivity contribution in [2.45, 2.75) is 65.0 Å². The predicted octanol–water partition coefficient (Wildman–Crippen LogP) is 4.16. The van der Waals surface area contributed by atoms with Gasteiger partial charge in [-0.05, 0) is 63.3 Å². The topological polar surface area (TPSA) is 67.9 Å². The van der Waals surface area contributed by atoms with Crippen molar-refractivity contribution in [3.63, 3.8) is 0 Å². The number of aryl methyl sites for hydroxylation is 1. The predicted molar refractivity (Wildman–Crippen MR) is 130 cm³/mol. The molecule has 0 radical (unpaired) electrons. The lowest BCUT2D eigenvalue weighted by Gasteiger charge is -2.33. The SMILES string of the molecule is CCC(C(=O)NC(C)(C)C)N(CCc1ccccc1)C(=O)CCc1ccc2c(c1)OCCO2. The number of carbonyl (C=O) groups excluding carboxylic acids is 2. The number of hydrogen-bond acceptors (Lipinski definition) is 4. The molecule has 6 nitrogen and oxygen atoms in total. The van der Waals surface area contributed by atoms with Crippen molar-refractivity contribution in [3.8, 4) is 11.5 Å². The number of ether oxygens (including phenoxy) is 2. The number of carbonyl (C=O) groups is 2. The van der Waals surface area contributed by atoms with Crippen LogP contribution in [-0.4, -0.2) is 48.1 Å². The summed E-state index contributed by atoms with van der Waals surface area (Å²) in [5.41, 5.74) is 1.81. The van der Waals surface area contributed by atoms with Crippen LogP contribution in [-0.2, 0) is 22.4 Å². The second-order valence-electron chi connectivity index (χ2n) is 9.46. The van der Waals surface area contributed by atoms with Crippen LogP contribution in [0.3, 0.4) is 0 Å². The highest BCUT2D eigenvalue weighted by Crippen LogP contribution is 2.31. The Morgan fingerprint density at radius 2 is 1.67 bits per heavy atom. The molecule has 1 unspecified atom stereocenters. The number of nitrogens with one attached hydrogen (secondary N) is 1. The van der Waals surface area contributed by atoms with Crippen molar-refractivity contribution in [2.24, 2.45) is 0 Å². The lowest BCUT2D eigenvalue weighted by atomic mass is 10.0. The zero-order valence-electron chi connectivity index (χ0n) is 20.2. The standard InChI is InChI=1S/C27H36N2O4/c1-5-22(26(31)28-27(2,3)4)29(16-15-20-9-7-6-8-10-20)25(30)14-12-21-11-13-23-24(19-21)33-18-17-32-23/h6-11,13,19,22H,5,12,14-18H2,1-4H3,(H,28,31). The third-order valence-electron chi connectivity index (χ3n) is 5.60. The highest BCUT2D eigenvalue weighted by atomic mass is 16.6. The minimum atomic E-state index is -0.499. The van der Waals surface area contributed by atoms with E-state index in [0.29, 0.717) is 45.4 Å². The molecule has 178 valence electrons. The molecule has 33 heavy (non-hydrogen) atoms. The van der Waals surface area contributed by atoms with E-state index < -0.39 is 6.04 Å². The largest absolute Gasteiger partial charge is 0.486 e. The number of amides is 2. The van der Waals surface area contributed by atoms with Crippen LogP contribution in [0.1, 0.15) is 51.7 Å². The highest BCUT2D eigenvalue weighted by molar-refractivity contribution is 5.88. The molecule has 1 aliphatic rings. The Morgan fingerprint density at radius 3 is 2.33 bits per heavy atom. The fourth-order valence-corrected chi connectivity index (χ4v) is 3.99. The molecule has 3 rings (SSSR count). The Labute approximate surface area is 197 Å². The molecule has 0 fully saturated rings. The molecule has 0 bridgehead atoms. The van der Waals surface area contributed by atoms with Crippen LogP contribution in [0.4, 0.5) is 0 Å². The van der Waals surface area contributed by atoms with Gasteiger partial charge in [-0.3, -0.25) is 9.59 Å². The van der Waals surface area contributed by atoms with Crippen LogP contribution < -0.4 is 14.8 Å². The van der Waals surface area contributed by atoms with Gasteiger partial charge in [-0.1, -0.05) is 43.3 Å². The van der Waals surface area contributed by atoms with E-state index in [1.807, 2.05) is 76.2 Å². The minimum absolute atomic E-state index is 0.0169. The molecule has 2 aromatic rings. The maximum absolute atomic E-state index is 13.4. The van der Waals surface area contributed by atoms with Gasteiger partial charge in [0, 0.05) is 18.5 Å². The first-order valence-electron chi connectivity index (χ1n) is 11.8. The average molecular weight is 453 g/mol. The molecule has 0 spiro atoms. The molecule has 2 amide bonds. The number of rotatable bonds is 9. The van der Waals surface area contributed by atoms with Crippen LogP contribution in [0.5, 0.6) is 11.5 Å². The normalized spacial score (nSPS) is 13.8. The fourth-order valence-electron chi connectivity index (χ4n) is 3.99. The van der Waals surface area contributed by atoms with Crippen molar-refractivity contribution in [2.75, 3.05) is 19.8 Å². The zero-order valence-corrected chi connectivity index (χ0v) is 20.2. The summed E-state index contributed by atoms with van der Waals surface area (Å²) in [7, 11) is 0. The summed E-state index contributed by atoms with van der Waals surface area (Å²) in [6, 6.07) is 15.4. The van der Waals surface area contributed by atoms with Gasteiger partial charge in [-0.25, -0.2) is 0 Å². The summed E-state index contributed by atoms with van der Waals surface area (Å²) < 4.78 is 11.2. The van der Waals surface area contributed by atoms with E-state index in [-0.39, 0.29) is 17.4 Å². The van der Waals surface area contributed by atoms with E-state index >= 15 is 0 Å². The third-order valence-corrected chi connectivity index (χ3v) is 5.60. The second-order valence-corrected chi connectivity index (χ2v) is 9.46. The minimum Gasteiger partial charge on any atom is -0.486 e. The van der Waals surface area contributed by atoms with Crippen molar-refractivity contribution in [3.05, 3.63) is 59.7 Å². The van der Waals surface area contributed by atoms with E-state index in [1.54, 1.807) is 4.90 Å². The average Bonchev–Trinajstić information content (AvgIpc) is 2.79.